The molecule has 3 aromatic carbocycles. The molecule has 1 aliphatic heterocycles. The molecule has 0 spiro atoms. The van der Waals surface area contributed by atoms with Crippen LogP contribution in [0.1, 0.15) is 35.3 Å². The fraction of sp³-hybridized carbons (Fsp3) is 0.174. The highest BCUT2D eigenvalue weighted by molar-refractivity contribution is 6.01. The average molecular weight is 377 g/mol. The van der Waals surface area contributed by atoms with Gasteiger partial charge >= 0.3 is 0 Å². The maximum absolute atomic E-state index is 13.4. The number of benzene rings is 3. The molecule has 0 radical (unpaired) electrons. The number of phenolic OH excluding ortho intramolecular Hbond substituents is 1. The molecule has 3 aromatic rings. The van der Waals surface area contributed by atoms with Crippen molar-refractivity contribution in [1.29, 1.82) is 0 Å². The third-order valence-electron chi connectivity index (χ3n) is 5.09. The van der Waals surface area contributed by atoms with Crippen LogP contribution in [0.25, 0.3) is 0 Å². The largest absolute Gasteiger partial charge is 0.507 e. The molecule has 0 bridgehead atoms. The first-order valence-corrected chi connectivity index (χ1v) is 9.23. The number of para-hydroxylation sites is 1. The minimum atomic E-state index is -0.267. The van der Waals surface area contributed by atoms with Gasteiger partial charge in [0.2, 0.25) is 6.17 Å². The van der Waals surface area contributed by atoms with Crippen molar-refractivity contribution in [2.75, 3.05) is 7.11 Å². The van der Waals surface area contributed by atoms with E-state index in [4.69, 9.17) is 9.73 Å². The third kappa shape index (κ3) is 3.75. The van der Waals surface area contributed by atoms with Crippen molar-refractivity contribution in [1.82, 2.24) is 0 Å². The van der Waals surface area contributed by atoms with Gasteiger partial charge in [-0.2, -0.15) is 0 Å². The van der Waals surface area contributed by atoms with Crippen LogP contribution in [0.4, 0.5) is 4.39 Å². The molecule has 0 saturated carbocycles. The molecule has 1 heterocycles. The molecule has 4 rings (SSSR count). The van der Waals surface area contributed by atoms with Gasteiger partial charge in [0.25, 0.3) is 0 Å². The van der Waals surface area contributed by atoms with Gasteiger partial charge in [-0.1, -0.05) is 12.1 Å². The number of hydrogen-bond donors (Lipinski definition) is 2. The normalized spacial score (nSPS) is 19.1. The molecule has 5 heteroatoms. The summed E-state index contributed by atoms with van der Waals surface area (Å²) >= 11 is 0. The van der Waals surface area contributed by atoms with E-state index < -0.39 is 0 Å². The Labute approximate surface area is 163 Å². The van der Waals surface area contributed by atoms with E-state index in [1.165, 1.54) is 12.1 Å². The Morgan fingerprint density at radius 3 is 2.39 bits per heavy atom. The molecule has 0 unspecified atom stereocenters. The third-order valence-corrected chi connectivity index (χ3v) is 5.09. The molecule has 0 aliphatic carbocycles. The van der Waals surface area contributed by atoms with Gasteiger partial charge in [0.1, 0.15) is 23.4 Å². The summed E-state index contributed by atoms with van der Waals surface area (Å²) in [7, 11) is 1.64. The number of halogens is 1. The van der Waals surface area contributed by atoms with Crippen molar-refractivity contribution in [2.24, 2.45) is 4.99 Å². The first-order chi connectivity index (χ1) is 13.6. The molecule has 0 fully saturated rings. The van der Waals surface area contributed by atoms with Gasteiger partial charge in [0.05, 0.1) is 18.4 Å². The summed E-state index contributed by atoms with van der Waals surface area (Å²) in [5.41, 5.74) is 3.76. The van der Waals surface area contributed by atoms with Crippen LogP contribution < -0.4 is 10.1 Å². The molecule has 4 nitrogen and oxygen atoms in total. The SMILES string of the molecule is COc1ccc(C2=N[C@@H](c3ccc(F)cc3)[NH2+][C@H](c3ccccc3O)C2)cc1. The molecule has 3 N–H and O–H groups in total. The van der Waals surface area contributed by atoms with Gasteiger partial charge in [-0.25, -0.2) is 9.38 Å². The van der Waals surface area contributed by atoms with Gasteiger partial charge in [-0.15, -0.1) is 0 Å². The van der Waals surface area contributed by atoms with Crippen LogP contribution in [0.3, 0.4) is 0 Å². The van der Waals surface area contributed by atoms with Crippen molar-refractivity contribution in [3.63, 3.8) is 0 Å². The van der Waals surface area contributed by atoms with E-state index in [2.05, 4.69) is 5.32 Å². The molecule has 0 aromatic heterocycles. The van der Waals surface area contributed by atoms with Crippen molar-refractivity contribution >= 4 is 5.71 Å². The second-order valence-corrected chi connectivity index (χ2v) is 6.86. The van der Waals surface area contributed by atoms with Gasteiger partial charge in [-0.3, -0.25) is 0 Å². The molecular weight excluding hydrogens is 355 g/mol. The standard InChI is InChI=1S/C23H21FN2O2/c1-28-18-12-8-15(9-13-18)20-14-21(19-4-2-3-5-22(19)27)26-23(25-20)16-6-10-17(24)11-7-16/h2-13,21,23,26-27H,14H2,1H3/p+1/t21-,23+/m0/s1. The van der Waals surface area contributed by atoms with Crippen molar-refractivity contribution < 1.29 is 19.6 Å². The Hall–Kier alpha value is -3.18. The van der Waals surface area contributed by atoms with E-state index in [1.807, 2.05) is 42.5 Å². The number of aromatic hydroxyl groups is 1. The number of quaternary nitrogens is 1. The number of rotatable bonds is 4. The van der Waals surface area contributed by atoms with Crippen LogP contribution in [0.5, 0.6) is 11.5 Å². The van der Waals surface area contributed by atoms with Crippen molar-refractivity contribution in [2.45, 2.75) is 18.6 Å². The zero-order valence-electron chi connectivity index (χ0n) is 15.5. The number of methoxy groups -OCH3 is 1. The van der Waals surface area contributed by atoms with Gasteiger partial charge in [-0.05, 0) is 66.2 Å². The molecule has 1 aliphatic rings. The topological polar surface area (TPSA) is 58.4 Å². The highest BCUT2D eigenvalue weighted by Gasteiger charge is 2.31. The van der Waals surface area contributed by atoms with Crippen LogP contribution in [0.15, 0.2) is 77.8 Å². The van der Waals surface area contributed by atoms with Crippen molar-refractivity contribution in [3.05, 3.63) is 95.3 Å². The summed E-state index contributed by atoms with van der Waals surface area (Å²) in [6, 6.07) is 21.6. The Bertz CT molecular complexity index is 984. The highest BCUT2D eigenvalue weighted by atomic mass is 19.1. The van der Waals surface area contributed by atoms with Crippen LogP contribution >= 0.6 is 0 Å². The molecule has 0 amide bonds. The summed E-state index contributed by atoms with van der Waals surface area (Å²) in [6.45, 7) is 0. The molecular formula is C23H22FN2O2+. The van der Waals surface area contributed by atoms with Crippen LogP contribution in [0.2, 0.25) is 0 Å². The van der Waals surface area contributed by atoms with E-state index in [1.54, 1.807) is 25.3 Å². The Kier molecular flexibility index (Phi) is 5.08. The lowest BCUT2D eigenvalue weighted by Crippen LogP contribution is -2.87. The molecule has 28 heavy (non-hydrogen) atoms. The number of aliphatic imine (C=N–C) groups is 1. The van der Waals surface area contributed by atoms with E-state index >= 15 is 0 Å². The second kappa shape index (κ2) is 7.82. The maximum Gasteiger partial charge on any atom is 0.206 e. The predicted molar refractivity (Wildman–Crippen MR) is 106 cm³/mol. The molecule has 142 valence electrons. The zero-order chi connectivity index (χ0) is 19.5. The zero-order valence-corrected chi connectivity index (χ0v) is 15.5. The van der Waals surface area contributed by atoms with Crippen molar-refractivity contribution in [3.8, 4) is 11.5 Å². The summed E-state index contributed by atoms with van der Waals surface area (Å²) in [5, 5.41) is 12.5. The number of nitrogens with two attached hydrogens (primary N) is 1. The summed E-state index contributed by atoms with van der Waals surface area (Å²) in [6.07, 6.45) is 0.470. The number of ether oxygens (including phenoxy) is 1. The molecule has 0 saturated heterocycles. The van der Waals surface area contributed by atoms with Crippen LogP contribution in [0, 0.1) is 5.82 Å². The Balaban J connectivity index is 1.73. The average Bonchev–Trinajstić information content (AvgIpc) is 2.74. The first kappa shape index (κ1) is 18.2. The lowest BCUT2D eigenvalue weighted by molar-refractivity contribution is -0.735. The van der Waals surface area contributed by atoms with E-state index in [9.17, 15) is 9.50 Å². The minimum absolute atomic E-state index is 0.00542. The summed E-state index contributed by atoms with van der Waals surface area (Å²) in [4.78, 5) is 4.93. The van der Waals surface area contributed by atoms with Crippen LogP contribution in [-0.2, 0) is 0 Å². The quantitative estimate of drug-likeness (QED) is 0.728. The smallest absolute Gasteiger partial charge is 0.206 e. The maximum atomic E-state index is 13.4. The van der Waals surface area contributed by atoms with Gasteiger partial charge < -0.3 is 15.2 Å². The number of phenols is 1. The Morgan fingerprint density at radius 1 is 1.00 bits per heavy atom. The summed E-state index contributed by atoms with van der Waals surface area (Å²) < 4.78 is 18.6. The lowest BCUT2D eigenvalue weighted by Gasteiger charge is -2.27. The highest BCUT2D eigenvalue weighted by Crippen LogP contribution is 2.29. The number of nitrogens with zero attached hydrogens (tertiary/aromatic N) is 1. The van der Waals surface area contributed by atoms with Gasteiger partial charge in [0, 0.05) is 12.0 Å². The van der Waals surface area contributed by atoms with E-state index in [-0.39, 0.29) is 23.8 Å². The number of hydrogen-bond acceptors (Lipinski definition) is 3. The first-order valence-electron chi connectivity index (χ1n) is 9.23. The lowest BCUT2D eigenvalue weighted by atomic mass is 9.93. The monoisotopic (exact) mass is 377 g/mol. The summed E-state index contributed by atoms with van der Waals surface area (Å²) in [5.74, 6) is 0.799. The van der Waals surface area contributed by atoms with E-state index in [0.29, 0.717) is 6.42 Å². The Morgan fingerprint density at radius 2 is 1.71 bits per heavy atom. The predicted octanol–water partition coefficient (Wildman–Crippen LogP) is 3.74. The minimum Gasteiger partial charge on any atom is -0.507 e. The second-order valence-electron chi connectivity index (χ2n) is 6.86. The fourth-order valence-electron chi connectivity index (χ4n) is 3.60. The van der Waals surface area contributed by atoms with Crippen LogP contribution in [-0.4, -0.2) is 17.9 Å². The molecule has 2 atom stereocenters. The fourth-order valence-corrected chi connectivity index (χ4v) is 3.60. The van der Waals surface area contributed by atoms with Gasteiger partial charge in [0.15, 0.2) is 0 Å². The van der Waals surface area contributed by atoms with E-state index in [0.717, 1.165) is 28.2 Å².